The third-order valence-corrected chi connectivity index (χ3v) is 4.69. The minimum atomic E-state index is -0.356. The largest absolute Gasteiger partial charge is 0.462 e. The number of benzene rings is 1. The van der Waals surface area contributed by atoms with Crippen LogP contribution in [0.3, 0.4) is 0 Å². The molecule has 0 unspecified atom stereocenters. The Kier molecular flexibility index (Phi) is 6.41. The second kappa shape index (κ2) is 9.16. The number of carbonyl (C=O) groups is 2. The van der Waals surface area contributed by atoms with E-state index in [-0.39, 0.29) is 11.9 Å². The highest BCUT2D eigenvalue weighted by atomic mass is 16.5. The second-order valence-corrected chi connectivity index (χ2v) is 6.48. The fourth-order valence-electron chi connectivity index (χ4n) is 3.15. The SMILES string of the molecule is CCOC(=O)c1ccc(N2CCN(C(=O)CCc3ccccc3)CC2)nc1. The van der Waals surface area contributed by atoms with Gasteiger partial charge in [-0.05, 0) is 31.0 Å². The Morgan fingerprint density at radius 1 is 1.04 bits per heavy atom. The Morgan fingerprint density at radius 3 is 2.41 bits per heavy atom. The lowest BCUT2D eigenvalue weighted by atomic mass is 10.1. The molecule has 1 aromatic heterocycles. The molecule has 0 spiro atoms. The van der Waals surface area contributed by atoms with Crippen LogP contribution in [0.4, 0.5) is 5.82 Å². The molecule has 3 rings (SSSR count). The van der Waals surface area contributed by atoms with E-state index in [4.69, 9.17) is 4.74 Å². The highest BCUT2D eigenvalue weighted by molar-refractivity contribution is 5.89. The number of nitrogens with zero attached hydrogens (tertiary/aromatic N) is 3. The fraction of sp³-hybridized carbons (Fsp3) is 0.381. The zero-order valence-electron chi connectivity index (χ0n) is 15.6. The van der Waals surface area contributed by atoms with Crippen molar-refractivity contribution in [2.75, 3.05) is 37.7 Å². The highest BCUT2D eigenvalue weighted by Crippen LogP contribution is 2.15. The van der Waals surface area contributed by atoms with Crippen molar-refractivity contribution < 1.29 is 14.3 Å². The molecule has 27 heavy (non-hydrogen) atoms. The minimum absolute atomic E-state index is 0.198. The van der Waals surface area contributed by atoms with Crippen molar-refractivity contribution >= 4 is 17.7 Å². The lowest BCUT2D eigenvalue weighted by molar-refractivity contribution is -0.131. The number of esters is 1. The van der Waals surface area contributed by atoms with Crippen LogP contribution in [0.25, 0.3) is 0 Å². The van der Waals surface area contributed by atoms with Crippen LogP contribution < -0.4 is 4.90 Å². The van der Waals surface area contributed by atoms with E-state index >= 15 is 0 Å². The van der Waals surface area contributed by atoms with E-state index < -0.39 is 0 Å². The van der Waals surface area contributed by atoms with Crippen molar-refractivity contribution in [1.82, 2.24) is 9.88 Å². The number of hydrogen-bond donors (Lipinski definition) is 0. The van der Waals surface area contributed by atoms with Gasteiger partial charge in [-0.1, -0.05) is 30.3 Å². The van der Waals surface area contributed by atoms with Crippen molar-refractivity contribution in [3.05, 3.63) is 59.8 Å². The normalized spacial score (nSPS) is 14.1. The molecule has 1 aromatic carbocycles. The molecule has 1 amide bonds. The maximum absolute atomic E-state index is 12.4. The van der Waals surface area contributed by atoms with Crippen LogP contribution in [0.1, 0.15) is 29.3 Å². The summed E-state index contributed by atoms with van der Waals surface area (Å²) in [5.74, 6) is 0.661. The Labute approximate surface area is 159 Å². The van der Waals surface area contributed by atoms with Crippen molar-refractivity contribution in [2.24, 2.45) is 0 Å². The first-order valence-corrected chi connectivity index (χ1v) is 9.37. The van der Waals surface area contributed by atoms with Crippen LogP contribution in [-0.2, 0) is 16.0 Å². The van der Waals surface area contributed by atoms with Crippen molar-refractivity contribution in [3.63, 3.8) is 0 Å². The van der Waals surface area contributed by atoms with E-state index in [0.29, 0.717) is 31.7 Å². The maximum atomic E-state index is 12.4. The summed E-state index contributed by atoms with van der Waals surface area (Å²) in [6.07, 6.45) is 2.86. The smallest absolute Gasteiger partial charge is 0.339 e. The zero-order chi connectivity index (χ0) is 19.1. The summed E-state index contributed by atoms with van der Waals surface area (Å²) >= 11 is 0. The number of aryl methyl sites for hydroxylation is 1. The summed E-state index contributed by atoms with van der Waals surface area (Å²) in [5.41, 5.74) is 1.64. The van der Waals surface area contributed by atoms with E-state index in [1.165, 1.54) is 5.56 Å². The number of amides is 1. The molecule has 1 aliphatic rings. The average molecular weight is 367 g/mol. The van der Waals surface area contributed by atoms with E-state index in [1.807, 2.05) is 29.2 Å². The Morgan fingerprint density at radius 2 is 1.78 bits per heavy atom. The van der Waals surface area contributed by atoms with Crippen LogP contribution in [-0.4, -0.2) is 54.5 Å². The zero-order valence-corrected chi connectivity index (χ0v) is 15.6. The summed E-state index contributed by atoms with van der Waals surface area (Å²) < 4.78 is 4.97. The third-order valence-electron chi connectivity index (χ3n) is 4.69. The molecule has 0 atom stereocenters. The molecular weight excluding hydrogens is 342 g/mol. The van der Waals surface area contributed by atoms with Crippen LogP contribution in [0.15, 0.2) is 48.7 Å². The molecule has 2 aromatic rings. The third kappa shape index (κ3) is 5.06. The van der Waals surface area contributed by atoms with Gasteiger partial charge in [0.2, 0.25) is 5.91 Å². The molecule has 0 bridgehead atoms. The molecule has 142 valence electrons. The van der Waals surface area contributed by atoms with Gasteiger partial charge in [-0.3, -0.25) is 4.79 Å². The first-order valence-electron chi connectivity index (χ1n) is 9.37. The van der Waals surface area contributed by atoms with Gasteiger partial charge in [-0.25, -0.2) is 9.78 Å². The number of aromatic nitrogens is 1. The van der Waals surface area contributed by atoms with Crippen molar-refractivity contribution in [2.45, 2.75) is 19.8 Å². The van der Waals surface area contributed by atoms with Crippen LogP contribution >= 0.6 is 0 Å². The van der Waals surface area contributed by atoms with E-state index in [0.717, 1.165) is 25.3 Å². The summed E-state index contributed by atoms with van der Waals surface area (Å²) in [4.78, 5) is 32.6. The summed E-state index contributed by atoms with van der Waals surface area (Å²) in [6, 6.07) is 13.7. The second-order valence-electron chi connectivity index (χ2n) is 6.48. The van der Waals surface area contributed by atoms with Gasteiger partial charge in [-0.15, -0.1) is 0 Å². The topological polar surface area (TPSA) is 62.7 Å². The number of piperazine rings is 1. The molecule has 0 radical (unpaired) electrons. The first kappa shape index (κ1) is 18.9. The van der Waals surface area contributed by atoms with Gasteiger partial charge in [0.05, 0.1) is 12.2 Å². The maximum Gasteiger partial charge on any atom is 0.339 e. The predicted molar refractivity (Wildman–Crippen MR) is 104 cm³/mol. The molecule has 1 fully saturated rings. The van der Waals surface area contributed by atoms with Gasteiger partial charge in [0.25, 0.3) is 0 Å². The van der Waals surface area contributed by atoms with E-state index in [2.05, 4.69) is 22.0 Å². The molecule has 0 N–H and O–H groups in total. The molecule has 6 nitrogen and oxygen atoms in total. The summed E-state index contributed by atoms with van der Waals surface area (Å²) in [5, 5.41) is 0. The van der Waals surface area contributed by atoms with Crippen LogP contribution in [0.2, 0.25) is 0 Å². The molecule has 1 saturated heterocycles. The number of rotatable bonds is 6. The first-order chi connectivity index (χ1) is 13.2. The Hall–Kier alpha value is -2.89. The number of ether oxygens (including phenoxy) is 1. The van der Waals surface area contributed by atoms with Crippen molar-refractivity contribution in [3.8, 4) is 0 Å². The van der Waals surface area contributed by atoms with Gasteiger partial charge in [-0.2, -0.15) is 0 Å². The van der Waals surface area contributed by atoms with Gasteiger partial charge < -0.3 is 14.5 Å². The van der Waals surface area contributed by atoms with Gasteiger partial charge >= 0.3 is 5.97 Å². The molecule has 0 aliphatic carbocycles. The number of hydrogen-bond acceptors (Lipinski definition) is 5. The Bertz CT molecular complexity index is 754. The van der Waals surface area contributed by atoms with Gasteiger partial charge in [0, 0.05) is 38.8 Å². The lowest BCUT2D eigenvalue weighted by Gasteiger charge is -2.35. The number of pyridine rings is 1. The van der Waals surface area contributed by atoms with Gasteiger partial charge in [0.15, 0.2) is 0 Å². The average Bonchev–Trinajstić information content (AvgIpc) is 2.73. The van der Waals surface area contributed by atoms with Crippen LogP contribution in [0, 0.1) is 0 Å². The minimum Gasteiger partial charge on any atom is -0.462 e. The van der Waals surface area contributed by atoms with E-state index in [1.54, 1.807) is 19.2 Å². The lowest BCUT2D eigenvalue weighted by Crippen LogP contribution is -2.49. The molecule has 0 saturated carbocycles. The monoisotopic (exact) mass is 367 g/mol. The van der Waals surface area contributed by atoms with Crippen molar-refractivity contribution in [1.29, 1.82) is 0 Å². The quantitative estimate of drug-likeness (QED) is 0.734. The predicted octanol–water partition coefficient (Wildman–Crippen LogP) is 2.54. The molecular formula is C21H25N3O3. The Balaban J connectivity index is 1.48. The summed E-state index contributed by atoms with van der Waals surface area (Å²) in [7, 11) is 0. The number of carbonyl (C=O) groups excluding carboxylic acids is 2. The molecule has 2 heterocycles. The summed E-state index contributed by atoms with van der Waals surface area (Å²) in [6.45, 7) is 4.98. The number of anilines is 1. The van der Waals surface area contributed by atoms with E-state index in [9.17, 15) is 9.59 Å². The molecule has 6 heteroatoms. The highest BCUT2D eigenvalue weighted by Gasteiger charge is 2.22. The molecule has 1 aliphatic heterocycles. The van der Waals surface area contributed by atoms with Crippen LogP contribution in [0.5, 0.6) is 0 Å². The standard InChI is InChI=1S/C21H25N3O3/c1-2-27-21(26)18-9-10-19(22-16-18)23-12-14-24(15-13-23)20(25)11-8-17-6-4-3-5-7-17/h3-7,9-10,16H,2,8,11-15H2,1H3. The fourth-order valence-corrected chi connectivity index (χ4v) is 3.15. The van der Waals surface area contributed by atoms with Gasteiger partial charge in [0.1, 0.15) is 5.82 Å².